The van der Waals surface area contributed by atoms with Crippen LogP contribution in [0.15, 0.2) is 60.7 Å². The maximum absolute atomic E-state index is 5.31. The van der Waals surface area contributed by atoms with Crippen LogP contribution in [0.5, 0.6) is 5.75 Å². The number of nitrogens with zero attached hydrogens (tertiary/aromatic N) is 1. The molecule has 0 aromatic heterocycles. The van der Waals surface area contributed by atoms with Crippen LogP contribution in [0.2, 0.25) is 0 Å². The van der Waals surface area contributed by atoms with Crippen LogP contribution in [-0.2, 0) is 0 Å². The van der Waals surface area contributed by atoms with Crippen molar-refractivity contribution in [2.45, 2.75) is 27.7 Å². The monoisotopic (exact) mass is 331 g/mol. The van der Waals surface area contributed by atoms with Crippen LogP contribution in [0, 0.1) is 27.7 Å². The summed E-state index contributed by atoms with van der Waals surface area (Å²) in [6, 6.07) is 21.4. The Morgan fingerprint density at radius 1 is 0.560 bits per heavy atom. The van der Waals surface area contributed by atoms with Crippen LogP contribution < -0.4 is 9.64 Å². The topological polar surface area (TPSA) is 12.5 Å². The quantitative estimate of drug-likeness (QED) is 0.548. The van der Waals surface area contributed by atoms with Crippen molar-refractivity contribution in [2.75, 3.05) is 12.0 Å². The molecule has 128 valence electrons. The van der Waals surface area contributed by atoms with Crippen molar-refractivity contribution in [1.29, 1.82) is 0 Å². The zero-order valence-electron chi connectivity index (χ0n) is 15.6. The number of aryl methyl sites for hydroxylation is 4. The number of hydrogen-bond donors (Lipinski definition) is 0. The van der Waals surface area contributed by atoms with Crippen molar-refractivity contribution in [3.05, 3.63) is 82.9 Å². The molecule has 0 saturated carbocycles. The van der Waals surface area contributed by atoms with Crippen molar-refractivity contribution in [1.82, 2.24) is 0 Å². The minimum Gasteiger partial charge on any atom is -0.497 e. The normalized spacial score (nSPS) is 10.6. The average molecular weight is 331 g/mol. The Balaban J connectivity index is 2.15. The van der Waals surface area contributed by atoms with E-state index in [0.717, 1.165) is 22.8 Å². The van der Waals surface area contributed by atoms with Crippen LogP contribution >= 0.6 is 0 Å². The van der Waals surface area contributed by atoms with Crippen LogP contribution in [0.1, 0.15) is 22.3 Å². The number of rotatable bonds is 4. The average Bonchev–Trinajstić information content (AvgIpc) is 2.62. The molecule has 0 heterocycles. The van der Waals surface area contributed by atoms with Crippen molar-refractivity contribution in [2.24, 2.45) is 0 Å². The highest BCUT2D eigenvalue weighted by Crippen LogP contribution is 2.36. The van der Waals surface area contributed by atoms with Crippen molar-refractivity contribution in [3.63, 3.8) is 0 Å². The molecule has 0 unspecified atom stereocenters. The summed E-state index contributed by atoms with van der Waals surface area (Å²) in [5, 5.41) is 0. The predicted molar refractivity (Wildman–Crippen MR) is 107 cm³/mol. The zero-order chi connectivity index (χ0) is 18.0. The molecule has 2 heteroatoms. The molecule has 0 N–H and O–H groups in total. The summed E-state index contributed by atoms with van der Waals surface area (Å²) in [5.41, 5.74) is 8.64. The summed E-state index contributed by atoms with van der Waals surface area (Å²) >= 11 is 0. The van der Waals surface area contributed by atoms with E-state index in [2.05, 4.69) is 81.1 Å². The van der Waals surface area contributed by atoms with E-state index in [9.17, 15) is 0 Å². The fourth-order valence-corrected chi connectivity index (χ4v) is 2.91. The molecule has 2 nitrogen and oxygen atoms in total. The van der Waals surface area contributed by atoms with Gasteiger partial charge in [0.2, 0.25) is 0 Å². The summed E-state index contributed by atoms with van der Waals surface area (Å²) < 4.78 is 5.31. The Morgan fingerprint density at radius 2 is 1.00 bits per heavy atom. The Labute approximate surface area is 150 Å². The van der Waals surface area contributed by atoms with Gasteiger partial charge in [0.1, 0.15) is 5.75 Å². The van der Waals surface area contributed by atoms with Crippen LogP contribution in [0.25, 0.3) is 0 Å². The van der Waals surface area contributed by atoms with Crippen molar-refractivity contribution in [3.8, 4) is 5.75 Å². The molecular weight excluding hydrogens is 306 g/mol. The van der Waals surface area contributed by atoms with Gasteiger partial charge >= 0.3 is 0 Å². The van der Waals surface area contributed by atoms with Crippen molar-refractivity contribution >= 4 is 17.1 Å². The summed E-state index contributed by atoms with van der Waals surface area (Å²) in [4.78, 5) is 2.29. The van der Waals surface area contributed by atoms with E-state index in [1.54, 1.807) is 7.11 Å². The Morgan fingerprint density at radius 3 is 1.40 bits per heavy atom. The van der Waals surface area contributed by atoms with Gasteiger partial charge in [-0.05, 0) is 98.5 Å². The molecule has 3 aromatic rings. The molecule has 3 aromatic carbocycles. The first-order valence-electron chi connectivity index (χ1n) is 8.58. The van der Waals surface area contributed by atoms with E-state index in [-0.39, 0.29) is 0 Å². The van der Waals surface area contributed by atoms with Gasteiger partial charge in [0.25, 0.3) is 0 Å². The van der Waals surface area contributed by atoms with Gasteiger partial charge in [0.15, 0.2) is 0 Å². The molecule has 0 spiro atoms. The highest BCUT2D eigenvalue weighted by molar-refractivity contribution is 5.77. The second-order valence-corrected chi connectivity index (χ2v) is 6.57. The zero-order valence-corrected chi connectivity index (χ0v) is 15.6. The van der Waals surface area contributed by atoms with Gasteiger partial charge in [0, 0.05) is 17.1 Å². The first-order valence-corrected chi connectivity index (χ1v) is 8.58. The SMILES string of the molecule is COc1ccc(N(c2ccc(C)c(C)c2)c2ccc(C)c(C)c2)cc1. The molecule has 0 bridgehead atoms. The minimum atomic E-state index is 0.865. The molecule has 0 aliphatic heterocycles. The number of methoxy groups -OCH3 is 1. The lowest BCUT2D eigenvalue weighted by Crippen LogP contribution is -2.10. The standard InChI is InChI=1S/C23H25NO/c1-16-6-8-21(14-18(16)3)24(20-10-12-23(25-5)13-11-20)22-9-7-17(2)19(4)15-22/h6-15H,1-5H3. The molecule has 0 amide bonds. The maximum Gasteiger partial charge on any atom is 0.119 e. The van der Waals surface area contributed by atoms with Crippen LogP contribution in [0.4, 0.5) is 17.1 Å². The van der Waals surface area contributed by atoms with E-state index in [1.165, 1.54) is 22.3 Å². The van der Waals surface area contributed by atoms with E-state index < -0.39 is 0 Å². The first kappa shape index (κ1) is 17.1. The molecule has 0 fully saturated rings. The second-order valence-electron chi connectivity index (χ2n) is 6.57. The van der Waals surface area contributed by atoms with E-state index in [0.29, 0.717) is 0 Å². The highest BCUT2D eigenvalue weighted by atomic mass is 16.5. The van der Waals surface area contributed by atoms with Gasteiger partial charge in [-0.1, -0.05) is 12.1 Å². The molecule has 0 atom stereocenters. The smallest absolute Gasteiger partial charge is 0.119 e. The molecule has 0 saturated heterocycles. The Hall–Kier alpha value is -2.74. The largest absolute Gasteiger partial charge is 0.497 e. The van der Waals surface area contributed by atoms with Crippen molar-refractivity contribution < 1.29 is 4.74 Å². The number of ether oxygens (including phenoxy) is 1. The summed E-state index contributed by atoms with van der Waals surface area (Å²) in [5.74, 6) is 0.865. The van der Waals surface area contributed by atoms with E-state index in [1.807, 2.05) is 12.1 Å². The third-order valence-electron chi connectivity index (χ3n) is 4.83. The third kappa shape index (κ3) is 3.53. The molecule has 3 rings (SSSR count). The number of hydrogen-bond acceptors (Lipinski definition) is 2. The fourth-order valence-electron chi connectivity index (χ4n) is 2.91. The molecule has 0 aliphatic rings. The first-order chi connectivity index (χ1) is 12.0. The van der Waals surface area contributed by atoms with E-state index >= 15 is 0 Å². The van der Waals surface area contributed by atoms with Crippen LogP contribution in [-0.4, -0.2) is 7.11 Å². The molecule has 0 radical (unpaired) electrons. The lowest BCUT2D eigenvalue weighted by atomic mass is 10.1. The van der Waals surface area contributed by atoms with E-state index in [4.69, 9.17) is 4.74 Å². The van der Waals surface area contributed by atoms with Crippen LogP contribution in [0.3, 0.4) is 0 Å². The Bertz CT molecular complexity index is 830. The highest BCUT2D eigenvalue weighted by Gasteiger charge is 2.14. The molecule has 25 heavy (non-hydrogen) atoms. The summed E-state index contributed by atoms with van der Waals surface area (Å²) in [6.45, 7) is 8.61. The molecular formula is C23H25NO. The van der Waals surface area contributed by atoms with Gasteiger partial charge in [0.05, 0.1) is 7.11 Å². The van der Waals surface area contributed by atoms with Gasteiger partial charge < -0.3 is 9.64 Å². The predicted octanol–water partition coefficient (Wildman–Crippen LogP) is 6.40. The van der Waals surface area contributed by atoms with Gasteiger partial charge in [-0.3, -0.25) is 0 Å². The van der Waals surface area contributed by atoms with Gasteiger partial charge in [-0.15, -0.1) is 0 Å². The van der Waals surface area contributed by atoms with Gasteiger partial charge in [-0.25, -0.2) is 0 Å². The Kier molecular flexibility index (Phi) is 4.80. The summed E-state index contributed by atoms with van der Waals surface area (Å²) in [7, 11) is 1.69. The summed E-state index contributed by atoms with van der Waals surface area (Å²) in [6.07, 6.45) is 0. The molecule has 0 aliphatic carbocycles. The number of benzene rings is 3. The minimum absolute atomic E-state index is 0.865. The fraction of sp³-hybridized carbons (Fsp3) is 0.217. The lowest BCUT2D eigenvalue weighted by molar-refractivity contribution is 0.415. The van der Waals surface area contributed by atoms with Gasteiger partial charge in [-0.2, -0.15) is 0 Å². The second kappa shape index (κ2) is 7.02. The lowest BCUT2D eigenvalue weighted by Gasteiger charge is -2.27. The maximum atomic E-state index is 5.31. The third-order valence-corrected chi connectivity index (χ3v) is 4.83. The number of anilines is 3.